The molecule has 2 aromatic heterocycles. The van der Waals surface area contributed by atoms with Gasteiger partial charge in [0.25, 0.3) is 0 Å². The highest BCUT2D eigenvalue weighted by Gasteiger charge is 2.44. The Bertz CT molecular complexity index is 861. The number of piperidine rings is 1. The molecule has 1 atom stereocenters. The number of hydrogen-bond acceptors (Lipinski definition) is 6. The number of carbonyl (C=O) groups excluding carboxylic acids is 1. The molecule has 4 rings (SSSR count). The first kappa shape index (κ1) is 17.8. The number of ether oxygens (including phenoxy) is 1. The van der Waals surface area contributed by atoms with Crippen molar-refractivity contribution in [3.05, 3.63) is 39.4 Å². The van der Waals surface area contributed by atoms with Crippen molar-refractivity contribution in [3.8, 4) is 0 Å². The van der Waals surface area contributed by atoms with Gasteiger partial charge in [-0.15, -0.1) is 0 Å². The SMILES string of the molecule is CC(=O)Nc1nc(F)c(CN2CCC[C@]3(C2)OCc2c3ccnc2Cl)s1. The lowest BCUT2D eigenvalue weighted by Gasteiger charge is -2.40. The quantitative estimate of drug-likeness (QED) is 0.806. The molecule has 0 radical (unpaired) electrons. The van der Waals surface area contributed by atoms with Gasteiger partial charge in [-0.1, -0.05) is 22.9 Å². The number of pyridine rings is 1. The van der Waals surface area contributed by atoms with E-state index in [1.807, 2.05) is 6.07 Å². The normalized spacial score (nSPS) is 22.6. The van der Waals surface area contributed by atoms with Crippen molar-refractivity contribution >= 4 is 34.0 Å². The predicted octanol–water partition coefficient (Wildman–Crippen LogP) is 3.31. The second-order valence-electron chi connectivity index (χ2n) is 6.64. The largest absolute Gasteiger partial charge is 0.364 e. The van der Waals surface area contributed by atoms with Gasteiger partial charge in [-0.3, -0.25) is 9.69 Å². The molecule has 0 saturated carbocycles. The molecule has 2 aromatic rings. The van der Waals surface area contributed by atoms with Gasteiger partial charge in [-0.25, -0.2) is 4.98 Å². The zero-order chi connectivity index (χ0) is 18.3. The van der Waals surface area contributed by atoms with Crippen LogP contribution in [0.4, 0.5) is 9.52 Å². The fourth-order valence-electron chi connectivity index (χ4n) is 3.74. The van der Waals surface area contributed by atoms with Crippen LogP contribution in [0.25, 0.3) is 0 Å². The molecule has 1 saturated heterocycles. The summed E-state index contributed by atoms with van der Waals surface area (Å²) in [6, 6.07) is 1.97. The average molecular weight is 397 g/mol. The molecule has 0 bridgehead atoms. The standard InChI is InChI=1S/C17H18ClFN4O2S/c1-10(24)21-16-22-15(19)13(26-16)7-23-6-2-4-17(9-23)12-3-5-20-14(18)11(12)8-25-17/h3,5H,2,4,6-9H2,1H3,(H,21,22,24)/t17-/m1/s1. The van der Waals surface area contributed by atoms with Crippen molar-refractivity contribution in [1.82, 2.24) is 14.9 Å². The number of amides is 1. The summed E-state index contributed by atoms with van der Waals surface area (Å²) >= 11 is 7.38. The van der Waals surface area contributed by atoms with Gasteiger partial charge in [0.2, 0.25) is 11.9 Å². The molecular weight excluding hydrogens is 379 g/mol. The molecule has 1 spiro atoms. The highest BCUT2D eigenvalue weighted by atomic mass is 35.5. The first-order chi connectivity index (χ1) is 12.5. The van der Waals surface area contributed by atoms with Crippen molar-refractivity contribution in [2.45, 2.75) is 38.5 Å². The van der Waals surface area contributed by atoms with Gasteiger partial charge in [0.15, 0.2) is 5.13 Å². The van der Waals surface area contributed by atoms with E-state index >= 15 is 0 Å². The van der Waals surface area contributed by atoms with E-state index in [1.165, 1.54) is 18.3 Å². The topological polar surface area (TPSA) is 67.4 Å². The summed E-state index contributed by atoms with van der Waals surface area (Å²) in [6.45, 7) is 3.78. The third kappa shape index (κ3) is 3.22. The Morgan fingerprint density at radius 1 is 1.58 bits per heavy atom. The number of rotatable bonds is 3. The number of anilines is 1. The van der Waals surface area contributed by atoms with Gasteiger partial charge in [0.05, 0.1) is 11.5 Å². The van der Waals surface area contributed by atoms with E-state index < -0.39 is 11.5 Å². The Labute approximate surface area is 159 Å². The molecule has 4 heterocycles. The minimum atomic E-state index is -0.529. The van der Waals surface area contributed by atoms with Gasteiger partial charge in [0, 0.05) is 31.8 Å². The maximum absolute atomic E-state index is 14.1. The van der Waals surface area contributed by atoms with Crippen molar-refractivity contribution in [3.63, 3.8) is 0 Å². The average Bonchev–Trinajstić information content (AvgIpc) is 3.10. The van der Waals surface area contributed by atoms with E-state index in [1.54, 1.807) is 6.20 Å². The van der Waals surface area contributed by atoms with Crippen molar-refractivity contribution in [1.29, 1.82) is 0 Å². The van der Waals surface area contributed by atoms with Crippen LogP contribution < -0.4 is 5.32 Å². The molecule has 138 valence electrons. The molecular formula is C17H18ClFN4O2S. The monoisotopic (exact) mass is 396 g/mol. The number of halogens is 2. The Kier molecular flexibility index (Phi) is 4.68. The molecule has 9 heteroatoms. The van der Waals surface area contributed by atoms with E-state index in [2.05, 4.69) is 20.2 Å². The summed E-state index contributed by atoms with van der Waals surface area (Å²) < 4.78 is 20.3. The van der Waals surface area contributed by atoms with Crippen LogP contribution in [0.5, 0.6) is 0 Å². The molecule has 6 nitrogen and oxygen atoms in total. The summed E-state index contributed by atoms with van der Waals surface area (Å²) in [7, 11) is 0. The van der Waals surface area contributed by atoms with Crippen LogP contribution in [-0.2, 0) is 28.3 Å². The highest BCUT2D eigenvalue weighted by Crippen LogP contribution is 2.44. The third-order valence-corrected chi connectivity index (χ3v) is 6.08. The molecule has 0 aliphatic carbocycles. The molecule has 2 aliphatic heterocycles. The molecule has 26 heavy (non-hydrogen) atoms. The first-order valence-electron chi connectivity index (χ1n) is 8.40. The number of nitrogens with one attached hydrogen (secondary N) is 1. The molecule has 1 amide bonds. The Balaban J connectivity index is 1.53. The summed E-state index contributed by atoms with van der Waals surface area (Å²) in [6.07, 6.45) is 3.55. The molecule has 1 fully saturated rings. The highest BCUT2D eigenvalue weighted by molar-refractivity contribution is 7.15. The number of fused-ring (bicyclic) bond motifs is 2. The van der Waals surface area contributed by atoms with Gasteiger partial charge in [-0.05, 0) is 31.0 Å². The number of thiazole rings is 1. The van der Waals surface area contributed by atoms with E-state index in [-0.39, 0.29) is 11.0 Å². The van der Waals surface area contributed by atoms with E-state index in [9.17, 15) is 9.18 Å². The molecule has 1 N–H and O–H groups in total. The van der Waals surface area contributed by atoms with Crippen molar-refractivity contribution < 1.29 is 13.9 Å². The number of carbonyl (C=O) groups is 1. The van der Waals surface area contributed by atoms with E-state index in [0.717, 1.165) is 30.5 Å². The number of likely N-dealkylation sites (tertiary alicyclic amines) is 1. The summed E-state index contributed by atoms with van der Waals surface area (Å²) in [5.41, 5.74) is 1.63. The Morgan fingerprint density at radius 3 is 3.23 bits per heavy atom. The second kappa shape index (κ2) is 6.84. The van der Waals surface area contributed by atoms with Crippen LogP contribution in [0.3, 0.4) is 0 Å². The Morgan fingerprint density at radius 2 is 2.42 bits per heavy atom. The molecule has 2 aliphatic rings. The number of nitrogens with zero attached hydrogens (tertiary/aromatic N) is 3. The van der Waals surface area contributed by atoms with Gasteiger partial charge in [-0.2, -0.15) is 9.37 Å². The predicted molar refractivity (Wildman–Crippen MR) is 96.6 cm³/mol. The number of aromatic nitrogens is 2. The minimum absolute atomic E-state index is 0.260. The van der Waals surface area contributed by atoms with E-state index in [0.29, 0.717) is 29.7 Å². The fraction of sp³-hybridized carbons (Fsp3) is 0.471. The minimum Gasteiger partial charge on any atom is -0.364 e. The second-order valence-corrected chi connectivity index (χ2v) is 8.08. The molecule has 0 aromatic carbocycles. The lowest BCUT2D eigenvalue weighted by molar-refractivity contribution is -0.114. The maximum atomic E-state index is 14.1. The van der Waals surface area contributed by atoms with Crippen molar-refractivity contribution in [2.24, 2.45) is 0 Å². The van der Waals surface area contributed by atoms with Crippen LogP contribution >= 0.6 is 22.9 Å². The van der Waals surface area contributed by atoms with Crippen LogP contribution in [-0.4, -0.2) is 33.9 Å². The third-order valence-electron chi connectivity index (χ3n) is 4.82. The van der Waals surface area contributed by atoms with Gasteiger partial charge < -0.3 is 10.1 Å². The zero-order valence-electron chi connectivity index (χ0n) is 14.2. The van der Waals surface area contributed by atoms with Crippen molar-refractivity contribution in [2.75, 3.05) is 18.4 Å². The fourth-order valence-corrected chi connectivity index (χ4v) is 4.88. The lowest BCUT2D eigenvalue weighted by Crippen LogP contribution is -2.45. The molecule has 0 unspecified atom stereocenters. The van der Waals surface area contributed by atoms with Gasteiger partial charge in [0.1, 0.15) is 10.8 Å². The summed E-state index contributed by atoms with van der Waals surface area (Å²) in [5, 5.41) is 3.31. The van der Waals surface area contributed by atoms with E-state index in [4.69, 9.17) is 16.3 Å². The summed E-state index contributed by atoms with van der Waals surface area (Å²) in [4.78, 5) is 21.7. The smallest absolute Gasteiger partial charge is 0.230 e. The van der Waals surface area contributed by atoms with Crippen LogP contribution in [0, 0.1) is 5.95 Å². The van der Waals surface area contributed by atoms with Crippen LogP contribution in [0.2, 0.25) is 5.15 Å². The van der Waals surface area contributed by atoms with Gasteiger partial charge >= 0.3 is 0 Å². The number of hydrogen-bond donors (Lipinski definition) is 1. The van der Waals surface area contributed by atoms with Crippen LogP contribution in [0.15, 0.2) is 12.3 Å². The Hall–Kier alpha value is -1.61. The maximum Gasteiger partial charge on any atom is 0.230 e. The lowest BCUT2D eigenvalue weighted by atomic mass is 9.85. The first-order valence-corrected chi connectivity index (χ1v) is 9.59. The summed E-state index contributed by atoms with van der Waals surface area (Å²) in [5.74, 6) is -0.790. The zero-order valence-corrected chi connectivity index (χ0v) is 15.8. The van der Waals surface area contributed by atoms with Crippen LogP contribution in [0.1, 0.15) is 35.8 Å².